The van der Waals surface area contributed by atoms with Crippen LogP contribution in [0.2, 0.25) is 0 Å². The monoisotopic (exact) mass is 145 g/mol. The SMILES string of the molecule is O=C1NC(=O)C(S)=C1O. The highest BCUT2D eigenvalue weighted by atomic mass is 32.1. The zero-order valence-corrected chi connectivity index (χ0v) is 5.11. The number of aliphatic hydroxyl groups excluding tert-OH is 1. The van der Waals surface area contributed by atoms with Crippen molar-refractivity contribution < 1.29 is 14.7 Å². The molecular formula is C4H3NO3S. The zero-order chi connectivity index (χ0) is 7.02. The van der Waals surface area contributed by atoms with Gasteiger partial charge in [-0.05, 0) is 0 Å². The van der Waals surface area contributed by atoms with Gasteiger partial charge in [-0.1, -0.05) is 0 Å². The molecule has 1 aliphatic heterocycles. The Morgan fingerprint density at radius 3 is 2.00 bits per heavy atom. The summed E-state index contributed by atoms with van der Waals surface area (Å²) in [4.78, 5) is 20.5. The fourth-order valence-electron chi connectivity index (χ4n) is 0.437. The van der Waals surface area contributed by atoms with E-state index in [1.54, 1.807) is 0 Å². The van der Waals surface area contributed by atoms with Crippen molar-refractivity contribution in [3.8, 4) is 0 Å². The van der Waals surface area contributed by atoms with E-state index in [1.165, 1.54) is 0 Å². The number of rotatable bonds is 0. The molecule has 1 aliphatic rings. The maximum Gasteiger partial charge on any atom is 0.294 e. The summed E-state index contributed by atoms with van der Waals surface area (Å²) in [6.07, 6.45) is 0. The van der Waals surface area contributed by atoms with Crippen LogP contribution in [0.4, 0.5) is 0 Å². The first-order valence-electron chi connectivity index (χ1n) is 2.11. The summed E-state index contributed by atoms with van der Waals surface area (Å²) >= 11 is 3.54. The summed E-state index contributed by atoms with van der Waals surface area (Å²) in [6.45, 7) is 0. The lowest BCUT2D eigenvalue weighted by Crippen LogP contribution is -2.22. The number of imide groups is 1. The van der Waals surface area contributed by atoms with E-state index in [9.17, 15) is 9.59 Å². The Morgan fingerprint density at radius 1 is 1.33 bits per heavy atom. The molecule has 0 saturated carbocycles. The number of carbonyl (C=O) groups is 2. The minimum atomic E-state index is -0.787. The highest BCUT2D eigenvalue weighted by Crippen LogP contribution is 2.11. The lowest BCUT2D eigenvalue weighted by Gasteiger charge is -1.83. The third kappa shape index (κ3) is 0.787. The van der Waals surface area contributed by atoms with E-state index in [2.05, 4.69) is 12.6 Å². The minimum absolute atomic E-state index is 0.222. The van der Waals surface area contributed by atoms with Gasteiger partial charge in [0.1, 0.15) is 4.91 Å². The fourth-order valence-corrected chi connectivity index (χ4v) is 0.594. The Bertz CT molecular complexity index is 198. The second-order valence-corrected chi connectivity index (χ2v) is 1.93. The molecule has 0 saturated heterocycles. The smallest absolute Gasteiger partial charge is 0.294 e. The lowest BCUT2D eigenvalue weighted by atomic mass is 10.5. The Morgan fingerprint density at radius 2 is 1.89 bits per heavy atom. The third-order valence-corrected chi connectivity index (χ3v) is 1.30. The average molecular weight is 145 g/mol. The summed E-state index contributed by atoms with van der Waals surface area (Å²) in [5.74, 6) is -2.05. The molecule has 5 heteroatoms. The molecule has 0 aromatic heterocycles. The van der Waals surface area contributed by atoms with Crippen LogP contribution in [0.1, 0.15) is 0 Å². The number of carbonyl (C=O) groups excluding carboxylic acids is 2. The molecule has 0 radical (unpaired) electrons. The standard InChI is InChI=1S/C4H3NO3S/c6-1-2(9)4(8)5-3(1)7/h(H3,5,6,7,8,9). The molecule has 0 bridgehead atoms. The second kappa shape index (κ2) is 1.77. The molecule has 48 valence electrons. The van der Waals surface area contributed by atoms with Crippen molar-refractivity contribution in [1.29, 1.82) is 0 Å². The molecule has 0 spiro atoms. The molecular weight excluding hydrogens is 142 g/mol. The van der Waals surface area contributed by atoms with E-state index >= 15 is 0 Å². The summed E-state index contributed by atoms with van der Waals surface area (Å²) in [5, 5.41) is 10.4. The van der Waals surface area contributed by atoms with Crippen LogP contribution in [-0.2, 0) is 9.59 Å². The molecule has 0 atom stereocenters. The van der Waals surface area contributed by atoms with Gasteiger partial charge in [0.15, 0.2) is 0 Å². The third-order valence-electron chi connectivity index (χ3n) is 0.882. The van der Waals surface area contributed by atoms with Crippen molar-refractivity contribution in [2.45, 2.75) is 0 Å². The van der Waals surface area contributed by atoms with Crippen LogP contribution < -0.4 is 5.32 Å². The van der Waals surface area contributed by atoms with Crippen LogP contribution in [0.15, 0.2) is 10.7 Å². The normalized spacial score (nSPS) is 18.8. The van der Waals surface area contributed by atoms with Gasteiger partial charge in [-0.2, -0.15) is 0 Å². The summed E-state index contributed by atoms with van der Waals surface area (Å²) in [6, 6.07) is 0. The molecule has 1 rings (SSSR count). The number of hydrogen-bond donors (Lipinski definition) is 3. The zero-order valence-electron chi connectivity index (χ0n) is 4.21. The first-order chi connectivity index (χ1) is 4.13. The van der Waals surface area contributed by atoms with Crippen LogP contribution in [-0.4, -0.2) is 16.9 Å². The van der Waals surface area contributed by atoms with E-state index in [1.807, 2.05) is 5.32 Å². The Labute approximate surface area is 56.0 Å². The topological polar surface area (TPSA) is 66.4 Å². The van der Waals surface area contributed by atoms with Gasteiger partial charge >= 0.3 is 0 Å². The van der Waals surface area contributed by atoms with Gasteiger partial charge in [0.2, 0.25) is 5.76 Å². The first kappa shape index (κ1) is 6.15. The summed E-state index contributed by atoms with van der Waals surface area (Å²) in [7, 11) is 0. The van der Waals surface area contributed by atoms with Gasteiger partial charge in [-0.3, -0.25) is 14.9 Å². The van der Waals surface area contributed by atoms with Crippen molar-refractivity contribution in [3.63, 3.8) is 0 Å². The fraction of sp³-hybridized carbons (Fsp3) is 0. The molecule has 2 amide bonds. The molecule has 4 nitrogen and oxygen atoms in total. The molecule has 0 unspecified atom stereocenters. The Kier molecular flexibility index (Phi) is 1.21. The predicted molar refractivity (Wildman–Crippen MR) is 31.8 cm³/mol. The predicted octanol–water partition coefficient (Wildman–Crippen LogP) is -0.658. The van der Waals surface area contributed by atoms with Gasteiger partial charge in [-0.15, -0.1) is 12.6 Å². The van der Waals surface area contributed by atoms with Crippen molar-refractivity contribution >= 4 is 24.4 Å². The maximum atomic E-state index is 10.4. The molecule has 0 aromatic rings. The van der Waals surface area contributed by atoms with E-state index in [0.717, 1.165) is 0 Å². The van der Waals surface area contributed by atoms with E-state index < -0.39 is 17.6 Å². The van der Waals surface area contributed by atoms with Gasteiger partial charge in [0.25, 0.3) is 11.8 Å². The highest BCUT2D eigenvalue weighted by Gasteiger charge is 2.26. The number of hydrogen-bond acceptors (Lipinski definition) is 4. The molecule has 0 aliphatic carbocycles. The highest BCUT2D eigenvalue weighted by molar-refractivity contribution is 7.85. The number of nitrogens with one attached hydrogen (secondary N) is 1. The van der Waals surface area contributed by atoms with E-state index in [4.69, 9.17) is 5.11 Å². The van der Waals surface area contributed by atoms with Crippen molar-refractivity contribution in [1.82, 2.24) is 5.32 Å². The van der Waals surface area contributed by atoms with E-state index in [-0.39, 0.29) is 4.91 Å². The Balaban J connectivity index is 3.06. The van der Waals surface area contributed by atoms with Gasteiger partial charge in [0, 0.05) is 0 Å². The first-order valence-corrected chi connectivity index (χ1v) is 2.55. The van der Waals surface area contributed by atoms with Gasteiger partial charge in [0.05, 0.1) is 0 Å². The number of amides is 2. The molecule has 1 heterocycles. The minimum Gasteiger partial charge on any atom is -0.502 e. The Hall–Kier alpha value is -0.970. The van der Waals surface area contributed by atoms with Crippen LogP contribution in [0.25, 0.3) is 0 Å². The van der Waals surface area contributed by atoms with Gasteiger partial charge in [-0.25, -0.2) is 0 Å². The maximum absolute atomic E-state index is 10.4. The second-order valence-electron chi connectivity index (χ2n) is 1.48. The molecule has 0 aromatic carbocycles. The van der Waals surface area contributed by atoms with Crippen molar-refractivity contribution in [2.24, 2.45) is 0 Å². The number of aliphatic hydroxyl groups is 1. The molecule has 0 fully saturated rings. The number of thiol groups is 1. The van der Waals surface area contributed by atoms with Crippen LogP contribution in [0, 0.1) is 0 Å². The quantitative estimate of drug-likeness (QED) is 0.313. The molecule has 2 N–H and O–H groups in total. The van der Waals surface area contributed by atoms with E-state index in [0.29, 0.717) is 0 Å². The van der Waals surface area contributed by atoms with Crippen molar-refractivity contribution in [3.05, 3.63) is 10.7 Å². The summed E-state index contributed by atoms with van der Waals surface area (Å²) < 4.78 is 0. The van der Waals surface area contributed by atoms with Crippen LogP contribution >= 0.6 is 12.6 Å². The average Bonchev–Trinajstić information content (AvgIpc) is 1.98. The summed E-state index contributed by atoms with van der Waals surface area (Å²) in [5.41, 5.74) is 0. The van der Waals surface area contributed by atoms with Crippen molar-refractivity contribution in [2.75, 3.05) is 0 Å². The van der Waals surface area contributed by atoms with Gasteiger partial charge < -0.3 is 5.11 Å². The van der Waals surface area contributed by atoms with Crippen LogP contribution in [0.3, 0.4) is 0 Å². The largest absolute Gasteiger partial charge is 0.502 e. The van der Waals surface area contributed by atoms with Crippen LogP contribution in [0.5, 0.6) is 0 Å². The lowest BCUT2D eigenvalue weighted by molar-refractivity contribution is -0.124. The molecule has 9 heavy (non-hydrogen) atoms.